The van der Waals surface area contributed by atoms with Gasteiger partial charge in [-0.05, 0) is 33.2 Å². The van der Waals surface area contributed by atoms with Gasteiger partial charge in [-0.15, -0.1) is 0 Å². The van der Waals surface area contributed by atoms with Crippen molar-refractivity contribution in [3.05, 3.63) is 24.3 Å². The lowest BCUT2D eigenvalue weighted by molar-refractivity contribution is 0.391. The number of nitrogens with one attached hydrogen (secondary N) is 1. The Kier molecular flexibility index (Phi) is 3.33. The molecule has 92 valence electrons. The van der Waals surface area contributed by atoms with Gasteiger partial charge in [0.1, 0.15) is 0 Å². The van der Waals surface area contributed by atoms with Crippen LogP contribution in [0.25, 0.3) is 11.0 Å². The summed E-state index contributed by atoms with van der Waals surface area (Å²) in [4.78, 5) is 6.76. The van der Waals surface area contributed by atoms with E-state index in [1.54, 1.807) is 0 Å². The molecule has 0 radical (unpaired) electrons. The van der Waals surface area contributed by atoms with Crippen molar-refractivity contribution in [2.45, 2.75) is 13.0 Å². The molecule has 1 unspecified atom stereocenters. The van der Waals surface area contributed by atoms with Crippen molar-refractivity contribution in [2.75, 3.05) is 26.0 Å². The molecule has 0 aliphatic carbocycles. The lowest BCUT2D eigenvalue weighted by Crippen LogP contribution is -2.30. The molecule has 4 heteroatoms. The van der Waals surface area contributed by atoms with Crippen molar-refractivity contribution in [2.24, 2.45) is 7.05 Å². The molecular formula is C13H20N4. The molecule has 0 amide bonds. The molecule has 0 aliphatic heterocycles. The highest BCUT2D eigenvalue weighted by atomic mass is 15.2. The fourth-order valence-electron chi connectivity index (χ4n) is 2.09. The van der Waals surface area contributed by atoms with E-state index >= 15 is 0 Å². The number of aromatic nitrogens is 2. The molecule has 1 aromatic carbocycles. The third kappa shape index (κ3) is 2.58. The summed E-state index contributed by atoms with van der Waals surface area (Å²) in [5.41, 5.74) is 2.20. The van der Waals surface area contributed by atoms with Gasteiger partial charge in [-0.1, -0.05) is 12.1 Å². The second-order valence-electron chi connectivity index (χ2n) is 4.79. The van der Waals surface area contributed by atoms with Gasteiger partial charge in [-0.25, -0.2) is 4.98 Å². The van der Waals surface area contributed by atoms with Crippen LogP contribution in [0.3, 0.4) is 0 Å². The number of fused-ring (bicyclic) bond motifs is 1. The number of nitrogens with zero attached hydrogens (tertiary/aromatic N) is 3. The van der Waals surface area contributed by atoms with Crippen molar-refractivity contribution >= 4 is 17.0 Å². The van der Waals surface area contributed by atoms with Crippen LogP contribution in [0.5, 0.6) is 0 Å². The summed E-state index contributed by atoms with van der Waals surface area (Å²) in [5.74, 6) is 0.931. The molecule has 1 heterocycles. The van der Waals surface area contributed by atoms with Gasteiger partial charge in [0.25, 0.3) is 0 Å². The van der Waals surface area contributed by atoms with E-state index in [0.717, 1.165) is 23.5 Å². The lowest BCUT2D eigenvalue weighted by Gasteiger charge is -2.18. The number of benzene rings is 1. The molecule has 2 rings (SSSR count). The van der Waals surface area contributed by atoms with Crippen molar-refractivity contribution in [1.29, 1.82) is 0 Å². The molecule has 4 nitrogen and oxygen atoms in total. The largest absolute Gasteiger partial charge is 0.352 e. The first-order valence-corrected chi connectivity index (χ1v) is 5.90. The molecule has 1 aromatic heterocycles. The number of aryl methyl sites for hydroxylation is 1. The molecule has 0 saturated carbocycles. The fraction of sp³-hybridized carbons (Fsp3) is 0.462. The van der Waals surface area contributed by atoms with E-state index in [9.17, 15) is 0 Å². The number of para-hydroxylation sites is 2. The third-order valence-electron chi connectivity index (χ3n) is 2.80. The van der Waals surface area contributed by atoms with Gasteiger partial charge in [0.05, 0.1) is 11.0 Å². The second kappa shape index (κ2) is 4.75. The van der Waals surface area contributed by atoms with E-state index < -0.39 is 0 Å². The highest BCUT2D eigenvalue weighted by Crippen LogP contribution is 2.17. The zero-order chi connectivity index (χ0) is 12.4. The van der Waals surface area contributed by atoms with E-state index in [4.69, 9.17) is 0 Å². The quantitative estimate of drug-likeness (QED) is 0.874. The zero-order valence-electron chi connectivity index (χ0n) is 10.9. The van der Waals surface area contributed by atoms with Gasteiger partial charge in [-0.3, -0.25) is 0 Å². The van der Waals surface area contributed by atoms with E-state index in [2.05, 4.69) is 46.9 Å². The van der Waals surface area contributed by atoms with Gasteiger partial charge in [-0.2, -0.15) is 0 Å². The number of hydrogen-bond donors (Lipinski definition) is 1. The van der Waals surface area contributed by atoms with Crippen molar-refractivity contribution < 1.29 is 0 Å². The summed E-state index contributed by atoms with van der Waals surface area (Å²) in [5, 5.41) is 3.44. The summed E-state index contributed by atoms with van der Waals surface area (Å²) < 4.78 is 2.10. The summed E-state index contributed by atoms with van der Waals surface area (Å²) in [6.07, 6.45) is 0. The Hall–Kier alpha value is -1.55. The van der Waals surface area contributed by atoms with Gasteiger partial charge < -0.3 is 14.8 Å². The highest BCUT2D eigenvalue weighted by Gasteiger charge is 2.10. The first kappa shape index (κ1) is 11.9. The number of imidazole rings is 1. The summed E-state index contributed by atoms with van der Waals surface area (Å²) in [7, 11) is 6.19. The molecule has 17 heavy (non-hydrogen) atoms. The van der Waals surface area contributed by atoms with Gasteiger partial charge in [0.2, 0.25) is 5.95 Å². The van der Waals surface area contributed by atoms with Crippen molar-refractivity contribution in [3.8, 4) is 0 Å². The standard InChI is InChI=1S/C13H20N4/c1-10(9-16(2)3)14-13-15-11-7-5-6-8-12(11)17(13)4/h5-8,10H,9H2,1-4H3,(H,14,15). The topological polar surface area (TPSA) is 33.1 Å². The molecule has 0 spiro atoms. The van der Waals surface area contributed by atoms with Crippen LogP contribution in [0.1, 0.15) is 6.92 Å². The number of hydrogen-bond acceptors (Lipinski definition) is 3. The maximum atomic E-state index is 4.59. The van der Waals surface area contributed by atoms with Crippen LogP contribution in [0.4, 0.5) is 5.95 Å². The molecule has 1 atom stereocenters. The molecule has 0 fully saturated rings. The van der Waals surface area contributed by atoms with Crippen LogP contribution in [-0.4, -0.2) is 41.1 Å². The van der Waals surface area contributed by atoms with E-state index in [1.807, 2.05) is 25.2 Å². The van der Waals surface area contributed by atoms with Crippen LogP contribution < -0.4 is 5.32 Å². The Balaban J connectivity index is 2.21. The Morgan fingerprint density at radius 2 is 2.06 bits per heavy atom. The van der Waals surface area contributed by atoms with Crippen LogP contribution >= 0.6 is 0 Å². The Labute approximate surface area is 102 Å². The van der Waals surface area contributed by atoms with E-state index in [1.165, 1.54) is 0 Å². The molecular weight excluding hydrogens is 212 g/mol. The van der Waals surface area contributed by atoms with Crippen LogP contribution in [-0.2, 0) is 7.05 Å². The Morgan fingerprint density at radius 3 is 2.71 bits per heavy atom. The SMILES string of the molecule is CC(CN(C)C)Nc1nc2ccccc2n1C. The van der Waals surface area contributed by atoms with Crippen molar-refractivity contribution in [3.63, 3.8) is 0 Å². The minimum atomic E-state index is 0.375. The Morgan fingerprint density at radius 1 is 1.35 bits per heavy atom. The number of likely N-dealkylation sites (N-methyl/N-ethyl adjacent to an activating group) is 1. The first-order chi connectivity index (χ1) is 8.08. The average Bonchev–Trinajstić information content (AvgIpc) is 2.55. The summed E-state index contributed by atoms with van der Waals surface area (Å²) >= 11 is 0. The number of rotatable bonds is 4. The predicted molar refractivity (Wildman–Crippen MR) is 72.4 cm³/mol. The smallest absolute Gasteiger partial charge is 0.203 e. The summed E-state index contributed by atoms with van der Waals surface area (Å²) in [6.45, 7) is 3.16. The third-order valence-corrected chi connectivity index (χ3v) is 2.80. The Bertz CT molecular complexity index is 501. The van der Waals surface area contributed by atoms with E-state index in [-0.39, 0.29) is 0 Å². The van der Waals surface area contributed by atoms with E-state index in [0.29, 0.717) is 6.04 Å². The second-order valence-corrected chi connectivity index (χ2v) is 4.79. The maximum Gasteiger partial charge on any atom is 0.203 e. The molecule has 0 aliphatic rings. The maximum absolute atomic E-state index is 4.59. The average molecular weight is 232 g/mol. The molecule has 1 N–H and O–H groups in total. The minimum absolute atomic E-state index is 0.375. The highest BCUT2D eigenvalue weighted by molar-refractivity contribution is 5.78. The van der Waals surface area contributed by atoms with Gasteiger partial charge >= 0.3 is 0 Å². The molecule has 2 aromatic rings. The first-order valence-electron chi connectivity index (χ1n) is 5.90. The van der Waals surface area contributed by atoms with Crippen LogP contribution in [0.2, 0.25) is 0 Å². The fourth-order valence-corrected chi connectivity index (χ4v) is 2.09. The van der Waals surface area contributed by atoms with Crippen molar-refractivity contribution in [1.82, 2.24) is 14.5 Å². The van der Waals surface area contributed by atoms with Gasteiger partial charge in [0.15, 0.2) is 0 Å². The monoisotopic (exact) mass is 232 g/mol. The van der Waals surface area contributed by atoms with Crippen LogP contribution in [0, 0.1) is 0 Å². The summed E-state index contributed by atoms with van der Waals surface area (Å²) in [6, 6.07) is 8.56. The number of anilines is 1. The molecule has 0 bridgehead atoms. The van der Waals surface area contributed by atoms with Crippen LogP contribution in [0.15, 0.2) is 24.3 Å². The zero-order valence-corrected chi connectivity index (χ0v) is 10.9. The van der Waals surface area contributed by atoms with Gasteiger partial charge in [0, 0.05) is 19.6 Å². The minimum Gasteiger partial charge on any atom is -0.352 e. The molecule has 0 saturated heterocycles. The normalized spacial score (nSPS) is 13.2. The lowest BCUT2D eigenvalue weighted by atomic mass is 10.3. The predicted octanol–water partition coefficient (Wildman–Crippen LogP) is 1.94.